The molecule has 0 fully saturated rings. The minimum atomic E-state index is -0.383. The van der Waals surface area contributed by atoms with Gasteiger partial charge in [-0.3, -0.25) is 9.59 Å². The van der Waals surface area contributed by atoms with Gasteiger partial charge >= 0.3 is 0 Å². The minimum Gasteiger partial charge on any atom is -0.333 e. The Bertz CT molecular complexity index is 1560. The van der Waals surface area contributed by atoms with Crippen molar-refractivity contribution >= 4 is 22.4 Å². The van der Waals surface area contributed by atoms with Crippen LogP contribution in [0.2, 0.25) is 0 Å². The number of aromatic amines is 1. The smallest absolute Gasteiger partial charge is 0.255 e. The van der Waals surface area contributed by atoms with Gasteiger partial charge in [-0.15, -0.1) is 0 Å². The van der Waals surface area contributed by atoms with E-state index < -0.39 is 0 Å². The molecule has 6 nitrogen and oxygen atoms in total. The highest BCUT2D eigenvalue weighted by atomic mass is 19.1. The van der Waals surface area contributed by atoms with Crippen molar-refractivity contribution in [2.45, 2.75) is 39.3 Å². The number of fused-ring (bicyclic) bond motifs is 3. The standard InChI is InChI=1S/C26H21FN4O2/c1-14(32)25-24(19-6-3-7-28-26(19)33)20-9-15-4-2-5-16(15)10-23(20)31(25)13-18-8-17-12-29-30-22(17)11-21(18)27/h3,6-11H,2,4-5,12-13H2,1H3,(H,28,33). The van der Waals surface area contributed by atoms with Crippen molar-refractivity contribution in [2.24, 2.45) is 10.2 Å². The molecule has 1 N–H and O–H groups in total. The number of halogens is 1. The molecular formula is C26H21FN4O2. The summed E-state index contributed by atoms with van der Waals surface area (Å²) in [6, 6.07) is 10.9. The number of benzene rings is 2. The number of ketones is 1. The number of hydrogen-bond donors (Lipinski definition) is 1. The van der Waals surface area contributed by atoms with Crippen LogP contribution in [0.3, 0.4) is 0 Å². The number of azo groups is 1. The molecular weight excluding hydrogens is 419 g/mol. The fraction of sp³-hybridized carbons (Fsp3) is 0.231. The Balaban J connectivity index is 1.65. The van der Waals surface area contributed by atoms with Gasteiger partial charge in [0, 0.05) is 52.3 Å². The van der Waals surface area contributed by atoms with E-state index in [1.165, 1.54) is 24.1 Å². The molecule has 1 aliphatic heterocycles. The van der Waals surface area contributed by atoms with Gasteiger partial charge < -0.3 is 9.55 Å². The zero-order chi connectivity index (χ0) is 22.7. The van der Waals surface area contributed by atoms with Gasteiger partial charge in [0.25, 0.3) is 5.56 Å². The van der Waals surface area contributed by atoms with Crippen LogP contribution in [0.1, 0.15) is 46.1 Å². The Morgan fingerprint density at radius 3 is 2.76 bits per heavy atom. The van der Waals surface area contributed by atoms with Gasteiger partial charge in [0.1, 0.15) is 5.82 Å². The van der Waals surface area contributed by atoms with E-state index in [1.807, 2.05) is 4.57 Å². The summed E-state index contributed by atoms with van der Waals surface area (Å²) < 4.78 is 16.9. The van der Waals surface area contributed by atoms with Crippen molar-refractivity contribution in [3.8, 4) is 11.1 Å². The number of Topliss-reactive ketones (excluding diaryl/α,β-unsaturated/α-hetero) is 1. The van der Waals surface area contributed by atoms with Crippen LogP contribution in [0, 0.1) is 5.82 Å². The van der Waals surface area contributed by atoms with Crippen LogP contribution in [-0.2, 0) is 25.9 Å². The maximum Gasteiger partial charge on any atom is 0.255 e. The van der Waals surface area contributed by atoms with Crippen LogP contribution in [0.5, 0.6) is 0 Å². The average molecular weight is 440 g/mol. The second-order valence-corrected chi connectivity index (χ2v) is 8.74. The maximum atomic E-state index is 15.0. The summed E-state index contributed by atoms with van der Waals surface area (Å²) in [5.74, 6) is -0.553. The van der Waals surface area contributed by atoms with Gasteiger partial charge in [-0.2, -0.15) is 10.2 Å². The maximum absolute atomic E-state index is 15.0. The number of aryl methyl sites for hydroxylation is 2. The van der Waals surface area contributed by atoms with Crippen molar-refractivity contribution in [1.29, 1.82) is 0 Å². The molecule has 0 bridgehead atoms. The number of rotatable bonds is 4. The second kappa shape index (κ2) is 7.33. The molecule has 1 aliphatic carbocycles. The SMILES string of the molecule is CC(=O)c1c(-c2ccc[nH]c2=O)c2cc3c(cc2n1Cc1cc2c(cc1F)N=NC2)CCC3. The number of carbonyl (C=O) groups is 1. The molecule has 4 aromatic rings. The molecule has 0 atom stereocenters. The van der Waals surface area contributed by atoms with E-state index >= 15 is 4.39 Å². The van der Waals surface area contributed by atoms with Crippen LogP contribution in [0.15, 0.2) is 57.6 Å². The molecule has 7 heteroatoms. The molecule has 164 valence electrons. The van der Waals surface area contributed by atoms with E-state index in [1.54, 1.807) is 24.4 Å². The third kappa shape index (κ3) is 3.07. The van der Waals surface area contributed by atoms with Crippen LogP contribution < -0.4 is 5.56 Å². The van der Waals surface area contributed by atoms with E-state index in [0.29, 0.717) is 34.6 Å². The number of hydrogen-bond acceptors (Lipinski definition) is 4. The molecule has 2 aromatic carbocycles. The molecule has 0 radical (unpaired) electrons. The van der Waals surface area contributed by atoms with Crippen molar-refractivity contribution in [1.82, 2.24) is 9.55 Å². The molecule has 0 spiro atoms. The third-order valence-corrected chi connectivity index (χ3v) is 6.69. The molecule has 0 amide bonds. The van der Waals surface area contributed by atoms with Crippen molar-refractivity contribution in [3.63, 3.8) is 0 Å². The first-order valence-electron chi connectivity index (χ1n) is 11.1. The van der Waals surface area contributed by atoms with Gasteiger partial charge in [-0.25, -0.2) is 4.39 Å². The molecule has 33 heavy (non-hydrogen) atoms. The molecule has 2 aliphatic rings. The van der Waals surface area contributed by atoms with Gasteiger partial charge in [-0.05, 0) is 60.7 Å². The first-order chi connectivity index (χ1) is 16.0. The Kier molecular flexibility index (Phi) is 4.40. The molecule has 6 rings (SSSR count). The lowest BCUT2D eigenvalue weighted by Gasteiger charge is -2.12. The van der Waals surface area contributed by atoms with E-state index in [-0.39, 0.29) is 23.7 Å². The van der Waals surface area contributed by atoms with Crippen molar-refractivity contribution < 1.29 is 9.18 Å². The fourth-order valence-electron chi connectivity index (χ4n) is 5.20. The Morgan fingerprint density at radius 1 is 1.15 bits per heavy atom. The number of carbonyl (C=O) groups excluding carboxylic acids is 1. The predicted molar refractivity (Wildman–Crippen MR) is 124 cm³/mol. The topological polar surface area (TPSA) is 79.6 Å². The minimum absolute atomic E-state index is 0.170. The molecule has 0 saturated carbocycles. The van der Waals surface area contributed by atoms with Gasteiger partial charge in [0.05, 0.1) is 24.5 Å². The second-order valence-electron chi connectivity index (χ2n) is 8.74. The van der Waals surface area contributed by atoms with Crippen LogP contribution in [-0.4, -0.2) is 15.3 Å². The van der Waals surface area contributed by atoms with Gasteiger partial charge in [0.2, 0.25) is 0 Å². The Labute approximate surface area is 188 Å². The summed E-state index contributed by atoms with van der Waals surface area (Å²) >= 11 is 0. The Hall–Kier alpha value is -3.87. The summed E-state index contributed by atoms with van der Waals surface area (Å²) in [4.78, 5) is 28.5. The lowest BCUT2D eigenvalue weighted by molar-refractivity contribution is 0.101. The molecule has 3 heterocycles. The molecule has 0 unspecified atom stereocenters. The van der Waals surface area contributed by atoms with Gasteiger partial charge in [-0.1, -0.05) is 0 Å². The number of aromatic nitrogens is 2. The normalized spacial score (nSPS) is 14.1. The quantitative estimate of drug-likeness (QED) is 0.427. The monoisotopic (exact) mass is 440 g/mol. The first-order valence-corrected chi connectivity index (χ1v) is 11.1. The summed E-state index contributed by atoms with van der Waals surface area (Å²) in [5, 5.41) is 8.82. The zero-order valence-corrected chi connectivity index (χ0v) is 18.1. The molecule has 0 saturated heterocycles. The summed E-state index contributed by atoms with van der Waals surface area (Å²) in [6.07, 6.45) is 4.60. The van der Waals surface area contributed by atoms with Crippen LogP contribution >= 0.6 is 0 Å². The van der Waals surface area contributed by atoms with E-state index in [4.69, 9.17) is 0 Å². The number of nitrogens with zero attached hydrogens (tertiary/aromatic N) is 3. The summed E-state index contributed by atoms with van der Waals surface area (Å²) in [6.45, 7) is 2.09. The van der Waals surface area contributed by atoms with E-state index in [0.717, 1.165) is 35.7 Å². The third-order valence-electron chi connectivity index (χ3n) is 6.69. The number of nitrogens with one attached hydrogen (secondary N) is 1. The Morgan fingerprint density at radius 2 is 1.97 bits per heavy atom. The van der Waals surface area contributed by atoms with Crippen molar-refractivity contribution in [2.75, 3.05) is 0 Å². The van der Waals surface area contributed by atoms with Crippen molar-refractivity contribution in [3.05, 3.63) is 86.7 Å². The highest BCUT2D eigenvalue weighted by Crippen LogP contribution is 2.39. The average Bonchev–Trinajstić information content (AvgIpc) is 3.50. The van der Waals surface area contributed by atoms with Crippen LogP contribution in [0.25, 0.3) is 22.0 Å². The zero-order valence-electron chi connectivity index (χ0n) is 18.1. The number of pyridine rings is 1. The first kappa shape index (κ1) is 19.8. The largest absolute Gasteiger partial charge is 0.333 e. The molecule has 2 aromatic heterocycles. The summed E-state index contributed by atoms with van der Waals surface area (Å²) in [7, 11) is 0. The van der Waals surface area contributed by atoms with E-state index in [9.17, 15) is 9.59 Å². The highest BCUT2D eigenvalue weighted by molar-refractivity contribution is 6.10. The lowest BCUT2D eigenvalue weighted by atomic mass is 9.99. The highest BCUT2D eigenvalue weighted by Gasteiger charge is 2.26. The predicted octanol–water partition coefficient (Wildman–Crippen LogP) is 5.47. The van der Waals surface area contributed by atoms with Crippen LogP contribution in [0.4, 0.5) is 10.1 Å². The lowest BCUT2D eigenvalue weighted by Crippen LogP contribution is -2.13. The van der Waals surface area contributed by atoms with Gasteiger partial charge in [0.15, 0.2) is 5.78 Å². The summed E-state index contributed by atoms with van der Waals surface area (Å²) in [5.41, 5.74) is 6.43. The van der Waals surface area contributed by atoms with E-state index in [2.05, 4.69) is 27.3 Å². The fourth-order valence-corrected chi connectivity index (χ4v) is 5.20. The number of H-pyrrole nitrogens is 1.